The van der Waals surface area contributed by atoms with Crippen molar-refractivity contribution in [3.05, 3.63) is 29.8 Å². The van der Waals surface area contributed by atoms with Crippen molar-refractivity contribution >= 4 is 11.9 Å². The van der Waals surface area contributed by atoms with Crippen LogP contribution in [0, 0.1) is 5.92 Å². The number of benzene rings is 1. The third-order valence-corrected chi connectivity index (χ3v) is 4.76. The monoisotopic (exact) mass is 406 g/mol. The van der Waals surface area contributed by atoms with Crippen molar-refractivity contribution < 1.29 is 23.8 Å². The molecule has 0 fully saturated rings. The van der Waals surface area contributed by atoms with E-state index in [1.807, 2.05) is 24.3 Å². The lowest BCUT2D eigenvalue weighted by atomic mass is 10.1. The molecule has 5 heteroatoms. The predicted octanol–water partition coefficient (Wildman–Crippen LogP) is 5.84. The van der Waals surface area contributed by atoms with Crippen molar-refractivity contribution in [2.75, 3.05) is 13.7 Å². The summed E-state index contributed by atoms with van der Waals surface area (Å²) in [5.74, 6) is 1.22. The van der Waals surface area contributed by atoms with Gasteiger partial charge in [-0.25, -0.2) is 0 Å². The van der Waals surface area contributed by atoms with Gasteiger partial charge in [-0.2, -0.15) is 0 Å². The van der Waals surface area contributed by atoms with Gasteiger partial charge in [0.1, 0.15) is 12.4 Å². The quantitative estimate of drug-likeness (QED) is 0.255. The Labute approximate surface area is 176 Å². The summed E-state index contributed by atoms with van der Waals surface area (Å²) < 4.78 is 15.6. The summed E-state index contributed by atoms with van der Waals surface area (Å²) in [6.45, 7) is 5.20. The van der Waals surface area contributed by atoms with E-state index in [1.54, 1.807) is 7.11 Å². The van der Waals surface area contributed by atoms with E-state index in [0.29, 0.717) is 32.0 Å². The number of carbonyl (C=O) groups is 2. The lowest BCUT2D eigenvalue weighted by molar-refractivity contribution is -0.145. The third-order valence-electron chi connectivity index (χ3n) is 4.76. The SMILES string of the molecule is COc1ccc(COC(=O)CCCCCCCCC(=O)OCCCC(C)C)cc1. The van der Waals surface area contributed by atoms with Crippen molar-refractivity contribution in [2.24, 2.45) is 5.92 Å². The number of methoxy groups -OCH3 is 1. The van der Waals surface area contributed by atoms with Crippen LogP contribution in [0.2, 0.25) is 0 Å². The first kappa shape index (κ1) is 25.0. The summed E-state index contributed by atoms with van der Waals surface area (Å²) in [5, 5.41) is 0. The second-order valence-corrected chi connectivity index (χ2v) is 7.89. The molecule has 0 aliphatic heterocycles. The smallest absolute Gasteiger partial charge is 0.306 e. The van der Waals surface area contributed by atoms with E-state index in [2.05, 4.69) is 13.8 Å². The first-order chi connectivity index (χ1) is 14.0. The molecule has 0 saturated carbocycles. The van der Waals surface area contributed by atoms with Gasteiger partial charge in [-0.3, -0.25) is 9.59 Å². The highest BCUT2D eigenvalue weighted by molar-refractivity contribution is 5.69. The molecule has 0 atom stereocenters. The van der Waals surface area contributed by atoms with Crippen LogP contribution in [-0.2, 0) is 25.7 Å². The van der Waals surface area contributed by atoms with Gasteiger partial charge in [0, 0.05) is 12.8 Å². The first-order valence-corrected chi connectivity index (χ1v) is 11.0. The van der Waals surface area contributed by atoms with Crippen LogP contribution in [0.15, 0.2) is 24.3 Å². The van der Waals surface area contributed by atoms with Crippen LogP contribution >= 0.6 is 0 Å². The van der Waals surface area contributed by atoms with Crippen LogP contribution < -0.4 is 4.74 Å². The van der Waals surface area contributed by atoms with E-state index < -0.39 is 0 Å². The molecule has 0 aliphatic rings. The molecule has 1 aromatic carbocycles. The molecule has 0 aromatic heterocycles. The van der Waals surface area contributed by atoms with Crippen molar-refractivity contribution in [2.45, 2.75) is 84.7 Å². The molecule has 0 aliphatic carbocycles. The van der Waals surface area contributed by atoms with Crippen LogP contribution in [0.5, 0.6) is 5.75 Å². The van der Waals surface area contributed by atoms with Crippen molar-refractivity contribution in [3.8, 4) is 5.75 Å². The number of unbranched alkanes of at least 4 members (excludes halogenated alkanes) is 5. The highest BCUT2D eigenvalue weighted by atomic mass is 16.5. The van der Waals surface area contributed by atoms with Gasteiger partial charge in [0.2, 0.25) is 0 Å². The standard InChI is InChI=1S/C24H38O5/c1-20(2)11-10-18-28-23(25)12-8-6-4-5-7-9-13-24(26)29-19-21-14-16-22(27-3)17-15-21/h14-17,20H,4-13,18-19H2,1-3H3. The van der Waals surface area contributed by atoms with Crippen LogP contribution in [-0.4, -0.2) is 25.7 Å². The molecule has 0 N–H and O–H groups in total. The minimum absolute atomic E-state index is 0.0756. The van der Waals surface area contributed by atoms with Gasteiger partial charge in [0.15, 0.2) is 0 Å². The Kier molecular flexibility index (Phi) is 13.6. The van der Waals surface area contributed by atoms with Gasteiger partial charge < -0.3 is 14.2 Å². The lowest BCUT2D eigenvalue weighted by Gasteiger charge is -2.07. The molecule has 0 bridgehead atoms. The Morgan fingerprint density at radius 3 is 1.90 bits per heavy atom. The normalized spacial score (nSPS) is 10.8. The van der Waals surface area contributed by atoms with Gasteiger partial charge in [-0.1, -0.05) is 51.7 Å². The summed E-state index contributed by atoms with van der Waals surface area (Å²) in [6.07, 6.45) is 8.95. The molecule has 29 heavy (non-hydrogen) atoms. The minimum Gasteiger partial charge on any atom is -0.497 e. The molecule has 0 amide bonds. The average Bonchev–Trinajstić information content (AvgIpc) is 2.71. The second-order valence-electron chi connectivity index (χ2n) is 7.89. The van der Waals surface area contributed by atoms with Crippen molar-refractivity contribution in [3.63, 3.8) is 0 Å². The Morgan fingerprint density at radius 1 is 0.793 bits per heavy atom. The maximum Gasteiger partial charge on any atom is 0.306 e. The number of hydrogen-bond acceptors (Lipinski definition) is 5. The zero-order chi connectivity index (χ0) is 21.3. The number of esters is 2. The fraction of sp³-hybridized carbons (Fsp3) is 0.667. The summed E-state index contributed by atoms with van der Waals surface area (Å²) in [7, 11) is 1.62. The predicted molar refractivity (Wildman–Crippen MR) is 115 cm³/mol. The Bertz CT molecular complexity index is 565. The number of ether oxygens (including phenoxy) is 3. The van der Waals surface area contributed by atoms with E-state index >= 15 is 0 Å². The van der Waals surface area contributed by atoms with Crippen molar-refractivity contribution in [1.82, 2.24) is 0 Å². The van der Waals surface area contributed by atoms with Gasteiger partial charge in [0.05, 0.1) is 13.7 Å². The molecule has 0 heterocycles. The van der Waals surface area contributed by atoms with Gasteiger partial charge in [-0.15, -0.1) is 0 Å². The first-order valence-electron chi connectivity index (χ1n) is 11.0. The zero-order valence-electron chi connectivity index (χ0n) is 18.4. The van der Waals surface area contributed by atoms with Crippen LogP contribution in [0.4, 0.5) is 0 Å². The molecule has 1 rings (SSSR count). The molecule has 0 spiro atoms. The summed E-state index contributed by atoms with van der Waals surface area (Å²) in [5.41, 5.74) is 0.956. The lowest BCUT2D eigenvalue weighted by Crippen LogP contribution is -2.06. The molecular weight excluding hydrogens is 368 g/mol. The van der Waals surface area contributed by atoms with Gasteiger partial charge >= 0.3 is 11.9 Å². The van der Waals surface area contributed by atoms with Crippen LogP contribution in [0.3, 0.4) is 0 Å². The van der Waals surface area contributed by atoms with E-state index in [4.69, 9.17) is 14.2 Å². The minimum atomic E-state index is -0.152. The van der Waals surface area contributed by atoms with E-state index in [-0.39, 0.29) is 11.9 Å². The van der Waals surface area contributed by atoms with E-state index in [9.17, 15) is 9.59 Å². The maximum atomic E-state index is 11.8. The molecule has 0 saturated heterocycles. The van der Waals surface area contributed by atoms with E-state index in [0.717, 1.165) is 62.7 Å². The van der Waals surface area contributed by atoms with E-state index in [1.165, 1.54) is 0 Å². The zero-order valence-corrected chi connectivity index (χ0v) is 18.4. The molecule has 0 unspecified atom stereocenters. The van der Waals surface area contributed by atoms with Gasteiger partial charge in [-0.05, 0) is 49.3 Å². The van der Waals surface area contributed by atoms with Crippen LogP contribution in [0.25, 0.3) is 0 Å². The highest BCUT2D eigenvalue weighted by Crippen LogP contribution is 2.13. The summed E-state index contributed by atoms with van der Waals surface area (Å²) in [6, 6.07) is 7.51. The summed E-state index contributed by atoms with van der Waals surface area (Å²) >= 11 is 0. The Hall–Kier alpha value is -2.04. The topological polar surface area (TPSA) is 61.8 Å². The molecular formula is C24H38O5. The van der Waals surface area contributed by atoms with Crippen molar-refractivity contribution in [1.29, 1.82) is 0 Å². The second kappa shape index (κ2) is 15.8. The Morgan fingerprint density at radius 2 is 1.34 bits per heavy atom. The average molecular weight is 407 g/mol. The van der Waals surface area contributed by atoms with Gasteiger partial charge in [0.25, 0.3) is 0 Å². The highest BCUT2D eigenvalue weighted by Gasteiger charge is 2.05. The maximum absolute atomic E-state index is 11.8. The summed E-state index contributed by atoms with van der Waals surface area (Å²) in [4.78, 5) is 23.4. The number of hydrogen-bond donors (Lipinski definition) is 0. The third kappa shape index (κ3) is 13.7. The molecule has 1 aromatic rings. The molecule has 0 radical (unpaired) electrons. The fourth-order valence-corrected chi connectivity index (χ4v) is 2.95. The molecule has 5 nitrogen and oxygen atoms in total. The Balaban J connectivity index is 1.92. The van der Waals surface area contributed by atoms with Crippen LogP contribution in [0.1, 0.15) is 83.6 Å². The largest absolute Gasteiger partial charge is 0.497 e. The molecule has 164 valence electrons. The number of rotatable bonds is 16. The number of carbonyl (C=O) groups excluding carboxylic acids is 2. The fourth-order valence-electron chi connectivity index (χ4n) is 2.95.